The van der Waals surface area contributed by atoms with Gasteiger partial charge in [0.1, 0.15) is 5.82 Å². The van der Waals surface area contributed by atoms with E-state index >= 15 is 0 Å². The van der Waals surface area contributed by atoms with Crippen molar-refractivity contribution in [1.29, 1.82) is 0 Å². The third kappa shape index (κ3) is 2.66. The van der Waals surface area contributed by atoms with Crippen LogP contribution in [0.25, 0.3) is 11.0 Å². The maximum Gasteiger partial charge on any atom is 0.107 e. The van der Waals surface area contributed by atoms with Crippen LogP contribution in [-0.2, 0) is 6.42 Å². The number of aryl methyl sites for hydroxylation is 1. The van der Waals surface area contributed by atoms with Crippen molar-refractivity contribution in [3.05, 3.63) is 66.0 Å². The summed E-state index contributed by atoms with van der Waals surface area (Å²) in [7, 11) is 0. The minimum Gasteiger partial charge on any atom is -0.342 e. The van der Waals surface area contributed by atoms with Crippen molar-refractivity contribution in [2.45, 2.75) is 18.9 Å². The lowest BCUT2D eigenvalue weighted by molar-refractivity contribution is 0.639. The monoisotopic (exact) mass is 251 g/mol. The maximum absolute atomic E-state index is 6.20. The zero-order valence-electron chi connectivity index (χ0n) is 10.7. The van der Waals surface area contributed by atoms with Gasteiger partial charge in [0.15, 0.2) is 0 Å². The van der Waals surface area contributed by atoms with Gasteiger partial charge in [-0.2, -0.15) is 0 Å². The van der Waals surface area contributed by atoms with E-state index in [1.165, 1.54) is 5.56 Å². The third-order valence-electron chi connectivity index (χ3n) is 3.36. The molecule has 1 atom stereocenters. The standard InChI is InChI=1S/C16H17N3/c17-13(12-6-2-1-3-7-12)10-11-16-18-14-8-4-5-9-15(14)19-16/h1-9,13H,10-11,17H2,(H,18,19). The molecule has 96 valence electrons. The summed E-state index contributed by atoms with van der Waals surface area (Å²) in [5.41, 5.74) is 9.48. The highest BCUT2D eigenvalue weighted by atomic mass is 14.9. The van der Waals surface area contributed by atoms with Crippen LogP contribution in [0, 0.1) is 0 Å². The number of para-hydroxylation sites is 2. The van der Waals surface area contributed by atoms with E-state index in [0.29, 0.717) is 0 Å². The van der Waals surface area contributed by atoms with Crippen molar-refractivity contribution in [2.24, 2.45) is 5.73 Å². The molecule has 0 aliphatic heterocycles. The minimum absolute atomic E-state index is 0.0643. The average Bonchev–Trinajstić information content (AvgIpc) is 2.88. The molecule has 0 aliphatic carbocycles. The molecule has 19 heavy (non-hydrogen) atoms. The molecule has 0 saturated carbocycles. The number of hydrogen-bond acceptors (Lipinski definition) is 2. The van der Waals surface area contributed by atoms with Gasteiger partial charge in [0.25, 0.3) is 0 Å². The predicted octanol–water partition coefficient (Wildman–Crippen LogP) is 3.20. The Bertz CT molecular complexity index is 625. The van der Waals surface area contributed by atoms with E-state index < -0.39 is 0 Å². The number of hydrogen-bond donors (Lipinski definition) is 2. The van der Waals surface area contributed by atoms with Crippen LogP contribution in [0.3, 0.4) is 0 Å². The van der Waals surface area contributed by atoms with Gasteiger partial charge in [0.05, 0.1) is 11.0 Å². The predicted molar refractivity (Wildman–Crippen MR) is 77.8 cm³/mol. The van der Waals surface area contributed by atoms with Crippen LogP contribution in [-0.4, -0.2) is 9.97 Å². The summed E-state index contributed by atoms with van der Waals surface area (Å²) in [6, 6.07) is 18.3. The first kappa shape index (κ1) is 11.9. The molecule has 3 heteroatoms. The normalized spacial score (nSPS) is 12.7. The Balaban J connectivity index is 1.69. The summed E-state index contributed by atoms with van der Waals surface area (Å²) < 4.78 is 0. The van der Waals surface area contributed by atoms with E-state index in [4.69, 9.17) is 5.73 Å². The Morgan fingerprint density at radius 1 is 1.00 bits per heavy atom. The van der Waals surface area contributed by atoms with Crippen molar-refractivity contribution in [1.82, 2.24) is 9.97 Å². The van der Waals surface area contributed by atoms with Gasteiger partial charge < -0.3 is 10.7 Å². The molecular weight excluding hydrogens is 234 g/mol. The topological polar surface area (TPSA) is 54.7 Å². The average molecular weight is 251 g/mol. The van der Waals surface area contributed by atoms with E-state index in [1.54, 1.807) is 0 Å². The van der Waals surface area contributed by atoms with Crippen LogP contribution in [0.4, 0.5) is 0 Å². The summed E-state index contributed by atoms with van der Waals surface area (Å²) >= 11 is 0. The molecule has 0 bridgehead atoms. The maximum atomic E-state index is 6.20. The number of benzene rings is 2. The van der Waals surface area contributed by atoms with E-state index in [-0.39, 0.29) is 6.04 Å². The zero-order chi connectivity index (χ0) is 13.1. The Kier molecular flexibility index (Phi) is 3.29. The van der Waals surface area contributed by atoms with Crippen LogP contribution in [0.5, 0.6) is 0 Å². The number of imidazole rings is 1. The lowest BCUT2D eigenvalue weighted by Crippen LogP contribution is -2.11. The summed E-state index contributed by atoms with van der Waals surface area (Å²) in [5, 5.41) is 0. The molecule has 0 fully saturated rings. The Labute approximate surface area is 112 Å². The first-order valence-electron chi connectivity index (χ1n) is 6.57. The van der Waals surface area contributed by atoms with Gasteiger partial charge in [-0.1, -0.05) is 42.5 Å². The lowest BCUT2D eigenvalue weighted by Gasteiger charge is -2.10. The van der Waals surface area contributed by atoms with Crippen LogP contribution in [0.2, 0.25) is 0 Å². The van der Waals surface area contributed by atoms with Gasteiger partial charge in [-0.3, -0.25) is 0 Å². The fraction of sp³-hybridized carbons (Fsp3) is 0.188. The van der Waals surface area contributed by atoms with E-state index in [1.807, 2.05) is 42.5 Å². The second kappa shape index (κ2) is 5.24. The number of nitrogens with one attached hydrogen (secondary N) is 1. The third-order valence-corrected chi connectivity index (χ3v) is 3.36. The molecule has 0 saturated heterocycles. The SMILES string of the molecule is NC(CCc1nc2ccccc2[nH]1)c1ccccc1. The summed E-state index contributed by atoms with van der Waals surface area (Å²) in [6.45, 7) is 0. The number of rotatable bonds is 4. The molecule has 1 unspecified atom stereocenters. The first-order valence-corrected chi connectivity index (χ1v) is 6.57. The smallest absolute Gasteiger partial charge is 0.107 e. The number of H-pyrrole nitrogens is 1. The molecular formula is C16H17N3. The Hall–Kier alpha value is -2.13. The number of aromatic amines is 1. The molecule has 1 heterocycles. The first-order chi connectivity index (χ1) is 9.33. The fourth-order valence-corrected chi connectivity index (χ4v) is 2.28. The second-order valence-electron chi connectivity index (χ2n) is 4.76. The van der Waals surface area contributed by atoms with Crippen molar-refractivity contribution < 1.29 is 0 Å². The molecule has 3 N–H and O–H groups in total. The highest BCUT2D eigenvalue weighted by Gasteiger charge is 2.08. The number of fused-ring (bicyclic) bond motifs is 1. The van der Waals surface area contributed by atoms with E-state index in [0.717, 1.165) is 29.7 Å². The van der Waals surface area contributed by atoms with Crippen LogP contribution >= 0.6 is 0 Å². The fourth-order valence-electron chi connectivity index (χ4n) is 2.28. The number of nitrogens with zero attached hydrogens (tertiary/aromatic N) is 1. The molecule has 1 aromatic heterocycles. The van der Waals surface area contributed by atoms with Gasteiger partial charge in [0, 0.05) is 12.5 Å². The molecule has 3 aromatic rings. The van der Waals surface area contributed by atoms with Gasteiger partial charge >= 0.3 is 0 Å². The summed E-state index contributed by atoms with van der Waals surface area (Å²) in [4.78, 5) is 7.90. The Morgan fingerprint density at radius 2 is 1.74 bits per heavy atom. The number of aromatic nitrogens is 2. The molecule has 0 aliphatic rings. The van der Waals surface area contributed by atoms with Gasteiger partial charge in [-0.15, -0.1) is 0 Å². The summed E-state index contributed by atoms with van der Waals surface area (Å²) in [5.74, 6) is 1.01. The Morgan fingerprint density at radius 3 is 2.53 bits per heavy atom. The number of nitrogens with two attached hydrogens (primary N) is 1. The molecule has 3 rings (SSSR count). The van der Waals surface area contributed by atoms with Crippen molar-refractivity contribution in [2.75, 3.05) is 0 Å². The minimum atomic E-state index is 0.0643. The molecule has 0 spiro atoms. The quantitative estimate of drug-likeness (QED) is 0.748. The molecule has 3 nitrogen and oxygen atoms in total. The highest BCUT2D eigenvalue weighted by Crippen LogP contribution is 2.17. The molecule has 0 amide bonds. The van der Waals surface area contributed by atoms with Gasteiger partial charge in [-0.25, -0.2) is 4.98 Å². The van der Waals surface area contributed by atoms with E-state index in [9.17, 15) is 0 Å². The van der Waals surface area contributed by atoms with Crippen LogP contribution in [0.1, 0.15) is 23.9 Å². The van der Waals surface area contributed by atoms with Crippen LogP contribution < -0.4 is 5.73 Å². The lowest BCUT2D eigenvalue weighted by atomic mass is 10.0. The largest absolute Gasteiger partial charge is 0.342 e. The summed E-state index contributed by atoms with van der Waals surface area (Å²) in [6.07, 6.45) is 1.76. The molecule has 2 aromatic carbocycles. The van der Waals surface area contributed by atoms with E-state index in [2.05, 4.69) is 22.1 Å². The second-order valence-corrected chi connectivity index (χ2v) is 4.76. The molecule has 0 radical (unpaired) electrons. The van der Waals surface area contributed by atoms with Crippen molar-refractivity contribution in [3.8, 4) is 0 Å². The zero-order valence-corrected chi connectivity index (χ0v) is 10.7. The van der Waals surface area contributed by atoms with Crippen LogP contribution in [0.15, 0.2) is 54.6 Å². The van der Waals surface area contributed by atoms with Gasteiger partial charge in [-0.05, 0) is 24.1 Å². The van der Waals surface area contributed by atoms with Crippen molar-refractivity contribution in [3.63, 3.8) is 0 Å². The highest BCUT2D eigenvalue weighted by molar-refractivity contribution is 5.74. The van der Waals surface area contributed by atoms with Crippen molar-refractivity contribution >= 4 is 11.0 Å². The van der Waals surface area contributed by atoms with Gasteiger partial charge in [0.2, 0.25) is 0 Å².